The van der Waals surface area contributed by atoms with Crippen LogP contribution in [0.4, 0.5) is 11.4 Å². The summed E-state index contributed by atoms with van der Waals surface area (Å²) in [5.74, 6) is -0.0780. The van der Waals surface area contributed by atoms with Crippen molar-refractivity contribution in [2.45, 2.75) is 6.42 Å². The molecule has 21 heavy (non-hydrogen) atoms. The van der Waals surface area contributed by atoms with E-state index < -0.39 is 0 Å². The second kappa shape index (κ2) is 4.94. The summed E-state index contributed by atoms with van der Waals surface area (Å²) in [6, 6.07) is 12.0. The molecule has 0 saturated carbocycles. The molecule has 0 fully saturated rings. The van der Waals surface area contributed by atoms with E-state index in [0.717, 1.165) is 10.5 Å². The van der Waals surface area contributed by atoms with Crippen molar-refractivity contribution in [1.29, 1.82) is 0 Å². The number of benzene rings is 2. The molecule has 1 aliphatic heterocycles. The number of nitrogen functional groups attached to an aromatic ring is 1. The Morgan fingerprint density at radius 1 is 1.14 bits per heavy atom. The maximum absolute atomic E-state index is 12.5. The standard InChI is InChI=1S/C16H14N2O3/c1-21-14-7-6-11(9-13(14)17)18-15(19)8-10-4-2-3-5-12(10)16(18)20/h2-7,9H,8,17H2,1H3. The van der Waals surface area contributed by atoms with Crippen LogP contribution in [-0.4, -0.2) is 18.9 Å². The lowest BCUT2D eigenvalue weighted by Gasteiger charge is -2.27. The Morgan fingerprint density at radius 3 is 2.62 bits per heavy atom. The molecular formula is C16H14N2O3. The lowest BCUT2D eigenvalue weighted by atomic mass is 9.98. The Bertz CT molecular complexity index is 740. The van der Waals surface area contributed by atoms with Gasteiger partial charge in [-0.15, -0.1) is 0 Å². The molecule has 0 aliphatic carbocycles. The monoisotopic (exact) mass is 282 g/mol. The van der Waals surface area contributed by atoms with Crippen LogP contribution >= 0.6 is 0 Å². The number of nitrogens with two attached hydrogens (primary N) is 1. The summed E-state index contributed by atoms with van der Waals surface area (Å²) >= 11 is 0. The van der Waals surface area contributed by atoms with Gasteiger partial charge >= 0.3 is 0 Å². The quantitative estimate of drug-likeness (QED) is 0.675. The normalized spacial score (nSPS) is 14.0. The molecule has 106 valence electrons. The number of nitrogens with zero attached hydrogens (tertiary/aromatic N) is 1. The Balaban J connectivity index is 2.05. The van der Waals surface area contributed by atoms with E-state index in [4.69, 9.17) is 10.5 Å². The zero-order valence-electron chi connectivity index (χ0n) is 11.5. The van der Waals surface area contributed by atoms with Crippen molar-refractivity contribution in [2.24, 2.45) is 0 Å². The SMILES string of the molecule is COc1ccc(N2C(=O)Cc3ccccc3C2=O)cc1N. The van der Waals surface area contributed by atoms with E-state index in [2.05, 4.69) is 0 Å². The number of fused-ring (bicyclic) bond motifs is 1. The average Bonchev–Trinajstić information content (AvgIpc) is 2.47. The molecule has 0 radical (unpaired) electrons. The predicted molar refractivity (Wildman–Crippen MR) is 79.4 cm³/mol. The minimum absolute atomic E-state index is 0.202. The Hall–Kier alpha value is -2.82. The number of hydrogen-bond acceptors (Lipinski definition) is 4. The largest absolute Gasteiger partial charge is 0.495 e. The van der Waals surface area contributed by atoms with Gasteiger partial charge in [0.25, 0.3) is 5.91 Å². The molecule has 0 atom stereocenters. The molecule has 2 amide bonds. The van der Waals surface area contributed by atoms with Crippen LogP contribution in [0.25, 0.3) is 0 Å². The number of rotatable bonds is 2. The maximum Gasteiger partial charge on any atom is 0.265 e. The number of hydrogen-bond donors (Lipinski definition) is 1. The van der Waals surface area contributed by atoms with Crippen molar-refractivity contribution in [3.05, 3.63) is 53.6 Å². The lowest BCUT2D eigenvalue weighted by molar-refractivity contribution is -0.117. The van der Waals surface area contributed by atoms with E-state index in [1.807, 2.05) is 6.07 Å². The van der Waals surface area contributed by atoms with Gasteiger partial charge in [-0.1, -0.05) is 18.2 Å². The first kappa shape index (κ1) is 13.2. The van der Waals surface area contributed by atoms with Gasteiger partial charge < -0.3 is 10.5 Å². The smallest absolute Gasteiger partial charge is 0.265 e. The maximum atomic E-state index is 12.5. The molecule has 0 bridgehead atoms. The molecule has 5 heteroatoms. The van der Waals surface area contributed by atoms with Gasteiger partial charge in [0.2, 0.25) is 5.91 Å². The molecule has 0 unspecified atom stereocenters. The van der Waals surface area contributed by atoms with Crippen LogP contribution in [0.1, 0.15) is 15.9 Å². The third kappa shape index (κ3) is 2.12. The van der Waals surface area contributed by atoms with Crippen LogP contribution in [0.2, 0.25) is 0 Å². The topological polar surface area (TPSA) is 72.6 Å². The molecule has 3 rings (SSSR count). The fraction of sp³-hybridized carbons (Fsp3) is 0.125. The summed E-state index contributed by atoms with van der Waals surface area (Å²) in [7, 11) is 1.51. The van der Waals surface area contributed by atoms with Crippen molar-refractivity contribution < 1.29 is 14.3 Å². The number of carbonyl (C=O) groups excluding carboxylic acids is 2. The highest BCUT2D eigenvalue weighted by Gasteiger charge is 2.32. The van der Waals surface area contributed by atoms with Gasteiger partial charge in [-0.05, 0) is 29.8 Å². The van der Waals surface area contributed by atoms with Gasteiger partial charge in [0.1, 0.15) is 5.75 Å². The van der Waals surface area contributed by atoms with Crippen molar-refractivity contribution >= 4 is 23.2 Å². The highest BCUT2D eigenvalue weighted by Crippen LogP contribution is 2.30. The summed E-state index contributed by atoms with van der Waals surface area (Å²) in [6.45, 7) is 0. The minimum atomic E-state index is -0.327. The number of imide groups is 1. The number of anilines is 2. The molecule has 2 N–H and O–H groups in total. The van der Waals surface area contributed by atoms with E-state index in [-0.39, 0.29) is 18.2 Å². The summed E-state index contributed by atoms with van der Waals surface area (Å²) in [5.41, 5.74) is 7.99. The van der Waals surface area contributed by atoms with Crippen molar-refractivity contribution in [3.63, 3.8) is 0 Å². The second-order valence-corrected chi connectivity index (χ2v) is 4.79. The number of carbonyl (C=O) groups is 2. The molecule has 1 heterocycles. The highest BCUT2D eigenvalue weighted by atomic mass is 16.5. The first-order valence-electron chi connectivity index (χ1n) is 6.50. The Kier molecular flexibility index (Phi) is 3.10. The average molecular weight is 282 g/mol. The van der Waals surface area contributed by atoms with Gasteiger partial charge in [-0.25, -0.2) is 4.90 Å². The van der Waals surface area contributed by atoms with E-state index in [9.17, 15) is 9.59 Å². The van der Waals surface area contributed by atoms with E-state index >= 15 is 0 Å². The van der Waals surface area contributed by atoms with Gasteiger partial charge in [0.05, 0.1) is 24.9 Å². The van der Waals surface area contributed by atoms with Gasteiger partial charge in [0, 0.05) is 5.56 Å². The molecule has 5 nitrogen and oxygen atoms in total. The van der Waals surface area contributed by atoms with Gasteiger partial charge in [-0.3, -0.25) is 9.59 Å². The molecular weight excluding hydrogens is 268 g/mol. The van der Waals surface area contributed by atoms with Crippen molar-refractivity contribution in [2.75, 3.05) is 17.7 Å². The fourth-order valence-electron chi connectivity index (χ4n) is 2.48. The minimum Gasteiger partial charge on any atom is -0.495 e. The van der Waals surface area contributed by atoms with E-state index in [1.165, 1.54) is 7.11 Å². The Labute approximate surface area is 121 Å². The first-order valence-corrected chi connectivity index (χ1v) is 6.50. The van der Waals surface area contributed by atoms with Crippen LogP contribution in [0.15, 0.2) is 42.5 Å². The van der Waals surface area contributed by atoms with E-state index in [1.54, 1.807) is 36.4 Å². The number of methoxy groups -OCH3 is 1. The first-order chi connectivity index (χ1) is 10.1. The third-order valence-electron chi connectivity index (χ3n) is 3.51. The molecule has 1 aliphatic rings. The third-order valence-corrected chi connectivity index (χ3v) is 3.51. The van der Waals surface area contributed by atoms with Crippen molar-refractivity contribution in [1.82, 2.24) is 0 Å². The number of ether oxygens (including phenoxy) is 1. The fourth-order valence-corrected chi connectivity index (χ4v) is 2.48. The van der Waals surface area contributed by atoms with Gasteiger partial charge in [-0.2, -0.15) is 0 Å². The zero-order valence-corrected chi connectivity index (χ0v) is 11.5. The molecule has 0 saturated heterocycles. The summed E-state index contributed by atoms with van der Waals surface area (Å²) < 4.78 is 5.08. The van der Waals surface area contributed by atoms with Gasteiger partial charge in [0.15, 0.2) is 0 Å². The highest BCUT2D eigenvalue weighted by molar-refractivity contribution is 6.24. The van der Waals surface area contributed by atoms with Crippen molar-refractivity contribution in [3.8, 4) is 5.75 Å². The molecule has 2 aromatic carbocycles. The molecule has 0 spiro atoms. The lowest BCUT2D eigenvalue weighted by Crippen LogP contribution is -2.42. The molecule has 2 aromatic rings. The predicted octanol–water partition coefficient (Wildman–Crippen LogP) is 2.01. The van der Waals surface area contributed by atoms with Crippen LogP contribution < -0.4 is 15.4 Å². The zero-order chi connectivity index (χ0) is 15.0. The van der Waals surface area contributed by atoms with Crippen LogP contribution in [0, 0.1) is 0 Å². The second-order valence-electron chi connectivity index (χ2n) is 4.79. The Morgan fingerprint density at radius 2 is 1.90 bits per heavy atom. The van der Waals surface area contributed by atoms with E-state index in [0.29, 0.717) is 22.7 Å². The summed E-state index contributed by atoms with van der Waals surface area (Å²) in [5, 5.41) is 0. The summed E-state index contributed by atoms with van der Waals surface area (Å²) in [4.78, 5) is 26.0. The van der Waals surface area contributed by atoms with Crippen LogP contribution in [0.5, 0.6) is 5.75 Å². The van der Waals surface area contributed by atoms with Crippen LogP contribution in [-0.2, 0) is 11.2 Å². The number of amides is 2. The van der Waals surface area contributed by atoms with Crippen LogP contribution in [0.3, 0.4) is 0 Å². The summed E-state index contributed by atoms with van der Waals surface area (Å²) in [6.07, 6.45) is 0.202. The molecule has 0 aromatic heterocycles.